The summed E-state index contributed by atoms with van der Waals surface area (Å²) in [6.45, 7) is -5.68. The van der Waals surface area contributed by atoms with Crippen LogP contribution in [0.15, 0.2) is 24.3 Å². The summed E-state index contributed by atoms with van der Waals surface area (Å²) >= 11 is 0. The molecule has 2 rings (SSSR count). The number of ether oxygens (including phenoxy) is 2. The minimum Gasteiger partial charge on any atom is -0.435 e. The highest BCUT2D eigenvalue weighted by Crippen LogP contribution is 2.50. The van der Waals surface area contributed by atoms with Crippen molar-refractivity contribution >= 4 is 5.91 Å². The molecule has 0 aromatic heterocycles. The molecule has 0 saturated heterocycles. The van der Waals surface area contributed by atoms with E-state index in [0.717, 1.165) is 6.07 Å². The number of amides is 1. The maximum atomic E-state index is 14.1. The fraction of sp³-hybridized carbons (Fsp3) is 0.588. The van der Waals surface area contributed by atoms with Crippen LogP contribution in [0.25, 0.3) is 0 Å². The van der Waals surface area contributed by atoms with Crippen LogP contribution < -0.4 is 10.1 Å². The number of hydrogen-bond donors (Lipinski definition) is 2. The third-order valence-corrected chi connectivity index (χ3v) is 4.37. The molecule has 0 aliphatic heterocycles. The first-order valence-electron chi connectivity index (χ1n) is 8.17. The fourth-order valence-corrected chi connectivity index (χ4v) is 2.66. The summed E-state index contributed by atoms with van der Waals surface area (Å²) in [6, 6.07) is 3.96. The predicted molar refractivity (Wildman–Crippen MR) is 84.2 cm³/mol. The molecular weight excluding hydrogens is 377 g/mol. The number of rotatable bonds is 10. The van der Waals surface area contributed by atoms with E-state index >= 15 is 0 Å². The van der Waals surface area contributed by atoms with Crippen molar-refractivity contribution in [2.75, 3.05) is 6.61 Å². The minimum absolute atomic E-state index is 0.123. The van der Waals surface area contributed by atoms with E-state index in [4.69, 9.17) is 0 Å². The molecule has 0 spiro atoms. The normalized spacial score (nSPS) is 18.9. The third-order valence-electron chi connectivity index (χ3n) is 4.37. The Morgan fingerprint density at radius 2 is 1.96 bits per heavy atom. The molecule has 1 saturated carbocycles. The van der Waals surface area contributed by atoms with Crippen LogP contribution in [0, 0.1) is 0 Å². The van der Waals surface area contributed by atoms with Gasteiger partial charge in [0, 0.05) is 0 Å². The minimum atomic E-state index is -3.12. The summed E-state index contributed by atoms with van der Waals surface area (Å²) in [4.78, 5) is 12.2. The van der Waals surface area contributed by atoms with Crippen LogP contribution in [0.2, 0.25) is 0 Å². The second kappa shape index (κ2) is 8.39. The highest BCUT2D eigenvalue weighted by Gasteiger charge is 2.58. The molecule has 27 heavy (non-hydrogen) atoms. The summed E-state index contributed by atoms with van der Waals surface area (Å²) in [7, 11) is 0. The number of nitrogens with one attached hydrogen (secondary N) is 1. The second-order valence-electron chi connectivity index (χ2n) is 6.58. The smallest absolute Gasteiger partial charge is 0.387 e. The van der Waals surface area contributed by atoms with Gasteiger partial charge in [0.1, 0.15) is 17.0 Å². The average molecular weight is 397 g/mol. The van der Waals surface area contributed by atoms with E-state index in [1.807, 2.05) is 0 Å². The van der Waals surface area contributed by atoms with Gasteiger partial charge in [0.2, 0.25) is 5.91 Å². The van der Waals surface area contributed by atoms with Crippen molar-refractivity contribution < 1.29 is 41.3 Å². The molecule has 1 aliphatic rings. The molecule has 1 aromatic carbocycles. The van der Waals surface area contributed by atoms with E-state index in [-0.39, 0.29) is 24.2 Å². The fourth-order valence-electron chi connectivity index (χ4n) is 2.66. The number of carbonyl (C=O) groups is 1. The summed E-state index contributed by atoms with van der Waals surface area (Å²) in [5, 5.41) is 12.5. The first kappa shape index (κ1) is 21.4. The maximum Gasteiger partial charge on any atom is 0.387 e. The monoisotopic (exact) mass is 397 g/mol. The first-order valence-corrected chi connectivity index (χ1v) is 8.17. The Kier molecular flexibility index (Phi) is 6.63. The van der Waals surface area contributed by atoms with Crippen LogP contribution in [0.3, 0.4) is 0 Å². The molecule has 0 bridgehead atoms. The van der Waals surface area contributed by atoms with Crippen LogP contribution in [-0.2, 0) is 9.53 Å². The van der Waals surface area contributed by atoms with Crippen LogP contribution >= 0.6 is 0 Å². The lowest BCUT2D eigenvalue weighted by Gasteiger charge is -2.28. The van der Waals surface area contributed by atoms with Crippen molar-refractivity contribution in [2.24, 2.45) is 0 Å². The van der Waals surface area contributed by atoms with Gasteiger partial charge >= 0.3 is 13.2 Å². The Bertz CT molecular complexity index is 652. The highest BCUT2D eigenvalue weighted by molar-refractivity contribution is 5.78. The maximum absolute atomic E-state index is 14.1. The largest absolute Gasteiger partial charge is 0.435 e. The van der Waals surface area contributed by atoms with Crippen molar-refractivity contribution in [3.05, 3.63) is 29.8 Å². The molecular formula is C17H20F5NO4. The van der Waals surface area contributed by atoms with Crippen LogP contribution in [0.1, 0.15) is 37.8 Å². The lowest BCUT2D eigenvalue weighted by Crippen LogP contribution is -2.44. The second-order valence-corrected chi connectivity index (χ2v) is 6.58. The quantitative estimate of drug-likeness (QED) is 0.595. The molecule has 0 radical (unpaired) electrons. The lowest BCUT2D eigenvalue weighted by atomic mass is 9.93. The van der Waals surface area contributed by atoms with E-state index < -0.39 is 49.5 Å². The van der Waals surface area contributed by atoms with Crippen molar-refractivity contribution in [1.29, 1.82) is 0 Å². The molecule has 1 fully saturated rings. The molecule has 10 heteroatoms. The number of hydrogen-bond acceptors (Lipinski definition) is 4. The van der Waals surface area contributed by atoms with Gasteiger partial charge in [-0.25, -0.2) is 4.39 Å². The van der Waals surface area contributed by atoms with Gasteiger partial charge in [0.15, 0.2) is 0 Å². The summed E-state index contributed by atoms with van der Waals surface area (Å²) in [5.41, 5.74) is -3.60. The van der Waals surface area contributed by atoms with E-state index in [9.17, 15) is 31.9 Å². The van der Waals surface area contributed by atoms with Crippen LogP contribution in [-0.4, -0.2) is 42.1 Å². The number of carbonyl (C=O) groups excluding carboxylic acids is 1. The molecule has 1 aromatic rings. The van der Waals surface area contributed by atoms with E-state index in [1.165, 1.54) is 25.1 Å². The molecule has 0 unspecified atom stereocenters. The molecule has 2 atom stereocenters. The van der Waals surface area contributed by atoms with Gasteiger partial charge in [-0.15, -0.1) is 0 Å². The van der Waals surface area contributed by atoms with Gasteiger partial charge in [0.05, 0.1) is 19.1 Å². The Balaban J connectivity index is 2.10. The van der Waals surface area contributed by atoms with Gasteiger partial charge in [-0.05, 0) is 37.5 Å². The topological polar surface area (TPSA) is 67.8 Å². The zero-order valence-corrected chi connectivity index (χ0v) is 14.4. The van der Waals surface area contributed by atoms with Crippen LogP contribution in [0.5, 0.6) is 5.75 Å². The zero-order valence-electron chi connectivity index (χ0n) is 14.4. The van der Waals surface area contributed by atoms with Gasteiger partial charge in [0.25, 0.3) is 0 Å². The van der Waals surface area contributed by atoms with Crippen molar-refractivity contribution in [2.45, 2.75) is 56.7 Å². The molecule has 152 valence electrons. The first-order chi connectivity index (χ1) is 12.5. The van der Waals surface area contributed by atoms with Gasteiger partial charge in [-0.1, -0.05) is 12.1 Å². The Labute approximate surface area is 152 Å². The summed E-state index contributed by atoms with van der Waals surface area (Å²) in [6.07, 6.45) is -0.349. The van der Waals surface area contributed by atoms with Crippen molar-refractivity contribution in [3.63, 3.8) is 0 Å². The standard InChI is InChI=1S/C17H20F5NO4/c1-16(25,17(22)5-6-17)8-13(24)23-12(9-26-14(18)19)10-3-2-4-11(7-10)27-15(20)21/h2-4,7,12,14-15,25H,5-6,8-9H2,1H3,(H,23,24)/t12-,16-/m0/s1. The Hall–Kier alpha value is -1.94. The predicted octanol–water partition coefficient (Wildman–Crippen LogP) is 3.33. The zero-order chi connectivity index (χ0) is 20.2. The molecule has 5 nitrogen and oxygen atoms in total. The van der Waals surface area contributed by atoms with E-state index in [0.29, 0.717) is 0 Å². The van der Waals surface area contributed by atoms with Crippen LogP contribution in [0.4, 0.5) is 22.0 Å². The SMILES string of the molecule is C[C@](O)(CC(=O)N[C@@H](COC(F)F)c1cccc(OC(F)F)c1)C1(F)CC1. The van der Waals surface area contributed by atoms with E-state index in [2.05, 4.69) is 14.8 Å². The van der Waals surface area contributed by atoms with Gasteiger partial charge in [-0.2, -0.15) is 17.6 Å². The van der Waals surface area contributed by atoms with Crippen molar-refractivity contribution in [3.8, 4) is 5.75 Å². The number of halogens is 5. The van der Waals surface area contributed by atoms with Gasteiger partial charge in [-0.3, -0.25) is 4.79 Å². The average Bonchev–Trinajstić information content (AvgIpc) is 3.30. The molecule has 1 aliphatic carbocycles. The molecule has 1 amide bonds. The molecule has 2 N–H and O–H groups in total. The number of alkyl halides is 5. The molecule has 0 heterocycles. The summed E-state index contributed by atoms with van der Waals surface area (Å²) in [5.74, 6) is -1.03. The van der Waals surface area contributed by atoms with E-state index in [1.54, 1.807) is 0 Å². The Morgan fingerprint density at radius 3 is 2.52 bits per heavy atom. The Morgan fingerprint density at radius 1 is 1.30 bits per heavy atom. The number of aliphatic hydroxyl groups is 1. The lowest BCUT2D eigenvalue weighted by molar-refractivity contribution is -0.142. The van der Waals surface area contributed by atoms with Crippen molar-refractivity contribution in [1.82, 2.24) is 5.32 Å². The highest BCUT2D eigenvalue weighted by atomic mass is 19.3. The third kappa shape index (κ3) is 6.03. The number of benzene rings is 1. The van der Waals surface area contributed by atoms with Gasteiger partial charge < -0.3 is 19.9 Å². The summed E-state index contributed by atoms with van der Waals surface area (Å²) < 4.78 is 72.0.